The quantitative estimate of drug-likeness (QED) is 0.812. The number of halogens is 3. The normalized spacial score (nSPS) is 10.9. The average molecular weight is 262 g/mol. The highest BCUT2D eigenvalue weighted by molar-refractivity contribution is 6.40. The van der Waals surface area contributed by atoms with Crippen LogP contribution in [0.3, 0.4) is 0 Å². The summed E-state index contributed by atoms with van der Waals surface area (Å²) in [6.45, 7) is -0.117. The Kier molecular flexibility index (Phi) is 3.08. The first-order valence-electron chi connectivity index (χ1n) is 4.30. The molecule has 0 unspecified atom stereocenters. The Labute approximate surface area is 102 Å². The standard InChI is InChI=1S/C11H7Cl3O/c12-6-1-2-7-8(3-6)10(13)4-11(14)9(7)5-15/h1-4,15H,5H2. The zero-order valence-electron chi connectivity index (χ0n) is 7.60. The molecule has 0 amide bonds. The Hall–Kier alpha value is -0.470. The van der Waals surface area contributed by atoms with Gasteiger partial charge in [0.1, 0.15) is 0 Å². The number of hydrogen-bond donors (Lipinski definition) is 1. The van der Waals surface area contributed by atoms with Gasteiger partial charge in [-0.3, -0.25) is 0 Å². The van der Waals surface area contributed by atoms with Crippen LogP contribution < -0.4 is 0 Å². The van der Waals surface area contributed by atoms with Crippen molar-refractivity contribution >= 4 is 45.6 Å². The van der Waals surface area contributed by atoms with Gasteiger partial charge in [-0.15, -0.1) is 0 Å². The highest BCUT2D eigenvalue weighted by atomic mass is 35.5. The van der Waals surface area contributed by atoms with E-state index in [9.17, 15) is 5.11 Å². The summed E-state index contributed by atoms with van der Waals surface area (Å²) in [5.74, 6) is 0. The SMILES string of the molecule is OCc1c(Cl)cc(Cl)c2cc(Cl)ccc12. The molecule has 0 spiro atoms. The summed E-state index contributed by atoms with van der Waals surface area (Å²) in [4.78, 5) is 0. The minimum Gasteiger partial charge on any atom is -0.392 e. The van der Waals surface area contributed by atoms with Gasteiger partial charge in [-0.2, -0.15) is 0 Å². The molecule has 0 fully saturated rings. The summed E-state index contributed by atoms with van der Waals surface area (Å²) < 4.78 is 0. The first-order valence-corrected chi connectivity index (χ1v) is 5.44. The first kappa shape index (κ1) is 11.0. The van der Waals surface area contributed by atoms with Crippen LogP contribution in [0.5, 0.6) is 0 Å². The van der Waals surface area contributed by atoms with Crippen molar-refractivity contribution in [3.8, 4) is 0 Å². The minimum atomic E-state index is -0.117. The van der Waals surface area contributed by atoms with Crippen molar-refractivity contribution in [3.05, 3.63) is 44.9 Å². The maximum Gasteiger partial charge on any atom is 0.0702 e. The molecule has 1 nitrogen and oxygen atoms in total. The van der Waals surface area contributed by atoms with Crippen LogP contribution >= 0.6 is 34.8 Å². The molecular formula is C11H7Cl3O. The van der Waals surface area contributed by atoms with Gasteiger partial charge in [0, 0.05) is 26.0 Å². The van der Waals surface area contributed by atoms with E-state index in [4.69, 9.17) is 34.8 Å². The Balaban J connectivity index is 2.90. The van der Waals surface area contributed by atoms with E-state index in [-0.39, 0.29) is 6.61 Å². The fourth-order valence-corrected chi connectivity index (χ4v) is 2.31. The van der Waals surface area contributed by atoms with Crippen molar-refractivity contribution in [2.24, 2.45) is 0 Å². The van der Waals surface area contributed by atoms with E-state index in [1.54, 1.807) is 24.3 Å². The summed E-state index contributed by atoms with van der Waals surface area (Å²) >= 11 is 17.9. The lowest BCUT2D eigenvalue weighted by atomic mass is 10.1. The Morgan fingerprint density at radius 2 is 1.67 bits per heavy atom. The van der Waals surface area contributed by atoms with E-state index in [1.807, 2.05) is 0 Å². The molecule has 0 aliphatic heterocycles. The predicted octanol–water partition coefficient (Wildman–Crippen LogP) is 4.29. The number of hydrogen-bond acceptors (Lipinski definition) is 1. The van der Waals surface area contributed by atoms with Crippen molar-refractivity contribution in [1.82, 2.24) is 0 Å². The van der Waals surface area contributed by atoms with Gasteiger partial charge in [-0.25, -0.2) is 0 Å². The van der Waals surface area contributed by atoms with E-state index in [2.05, 4.69) is 0 Å². The third-order valence-electron chi connectivity index (χ3n) is 2.26. The topological polar surface area (TPSA) is 20.2 Å². The van der Waals surface area contributed by atoms with Gasteiger partial charge < -0.3 is 5.11 Å². The van der Waals surface area contributed by atoms with Gasteiger partial charge in [-0.1, -0.05) is 40.9 Å². The third-order valence-corrected chi connectivity index (χ3v) is 3.15. The summed E-state index contributed by atoms with van der Waals surface area (Å²) in [5.41, 5.74) is 0.674. The van der Waals surface area contributed by atoms with Crippen LogP contribution in [-0.4, -0.2) is 5.11 Å². The molecule has 78 valence electrons. The van der Waals surface area contributed by atoms with E-state index in [0.29, 0.717) is 20.6 Å². The van der Waals surface area contributed by atoms with E-state index >= 15 is 0 Å². The molecular weight excluding hydrogens is 254 g/mol. The van der Waals surface area contributed by atoms with E-state index in [1.165, 1.54) is 0 Å². The molecule has 0 radical (unpaired) electrons. The van der Waals surface area contributed by atoms with Crippen molar-refractivity contribution in [3.63, 3.8) is 0 Å². The Morgan fingerprint density at radius 1 is 0.933 bits per heavy atom. The van der Waals surface area contributed by atoms with Crippen molar-refractivity contribution in [2.75, 3.05) is 0 Å². The number of aliphatic hydroxyl groups excluding tert-OH is 1. The van der Waals surface area contributed by atoms with Crippen LogP contribution in [0.4, 0.5) is 0 Å². The average Bonchev–Trinajstić information content (AvgIpc) is 2.19. The molecule has 0 heterocycles. The minimum absolute atomic E-state index is 0.117. The maximum absolute atomic E-state index is 9.22. The second-order valence-corrected chi connectivity index (χ2v) is 4.42. The van der Waals surface area contributed by atoms with Gasteiger partial charge in [-0.05, 0) is 23.6 Å². The molecule has 1 N–H and O–H groups in total. The smallest absolute Gasteiger partial charge is 0.0702 e. The molecule has 0 aromatic heterocycles. The van der Waals surface area contributed by atoms with Crippen LogP contribution in [0.2, 0.25) is 15.1 Å². The summed E-state index contributed by atoms with van der Waals surface area (Å²) in [7, 11) is 0. The van der Waals surface area contributed by atoms with E-state index < -0.39 is 0 Å². The van der Waals surface area contributed by atoms with Crippen molar-refractivity contribution in [1.29, 1.82) is 0 Å². The molecule has 0 saturated carbocycles. The van der Waals surface area contributed by atoms with Crippen molar-refractivity contribution < 1.29 is 5.11 Å². The highest BCUT2D eigenvalue weighted by Gasteiger charge is 2.09. The largest absolute Gasteiger partial charge is 0.392 e. The molecule has 0 atom stereocenters. The second kappa shape index (κ2) is 4.18. The van der Waals surface area contributed by atoms with Crippen LogP contribution in [0, 0.1) is 0 Å². The molecule has 0 bridgehead atoms. The first-order chi connectivity index (χ1) is 7.13. The second-order valence-electron chi connectivity index (χ2n) is 3.17. The molecule has 15 heavy (non-hydrogen) atoms. The Bertz CT molecular complexity index is 523. The number of fused-ring (bicyclic) bond motifs is 1. The fourth-order valence-electron chi connectivity index (χ4n) is 1.54. The number of aliphatic hydroxyl groups is 1. The fraction of sp³-hybridized carbons (Fsp3) is 0.0909. The molecule has 2 aromatic rings. The van der Waals surface area contributed by atoms with Gasteiger partial charge in [0.2, 0.25) is 0 Å². The monoisotopic (exact) mass is 260 g/mol. The molecule has 0 saturated heterocycles. The molecule has 4 heteroatoms. The van der Waals surface area contributed by atoms with Gasteiger partial charge in [0.05, 0.1) is 6.61 Å². The molecule has 0 aliphatic carbocycles. The van der Waals surface area contributed by atoms with Crippen LogP contribution in [0.25, 0.3) is 10.8 Å². The summed E-state index contributed by atoms with van der Waals surface area (Å²) in [5, 5.41) is 12.5. The zero-order chi connectivity index (χ0) is 11.0. The number of rotatable bonds is 1. The van der Waals surface area contributed by atoms with Crippen LogP contribution in [0.15, 0.2) is 24.3 Å². The lowest BCUT2D eigenvalue weighted by Crippen LogP contribution is -1.88. The highest BCUT2D eigenvalue weighted by Crippen LogP contribution is 2.33. The summed E-state index contributed by atoms with van der Waals surface area (Å²) in [6.07, 6.45) is 0. The lowest BCUT2D eigenvalue weighted by molar-refractivity contribution is 0.283. The van der Waals surface area contributed by atoms with Crippen LogP contribution in [-0.2, 0) is 6.61 Å². The van der Waals surface area contributed by atoms with Gasteiger partial charge >= 0.3 is 0 Å². The van der Waals surface area contributed by atoms with Gasteiger partial charge in [0.25, 0.3) is 0 Å². The predicted molar refractivity (Wildman–Crippen MR) is 64.9 cm³/mol. The van der Waals surface area contributed by atoms with Crippen LogP contribution in [0.1, 0.15) is 5.56 Å². The number of benzene rings is 2. The Morgan fingerprint density at radius 3 is 2.33 bits per heavy atom. The molecule has 2 aromatic carbocycles. The molecule has 2 rings (SSSR count). The maximum atomic E-state index is 9.22. The van der Waals surface area contributed by atoms with Gasteiger partial charge in [0.15, 0.2) is 0 Å². The summed E-state index contributed by atoms with van der Waals surface area (Å²) in [6, 6.07) is 6.93. The lowest BCUT2D eigenvalue weighted by Gasteiger charge is -2.08. The van der Waals surface area contributed by atoms with Crippen molar-refractivity contribution in [2.45, 2.75) is 6.61 Å². The zero-order valence-corrected chi connectivity index (χ0v) is 9.87. The third kappa shape index (κ3) is 1.93. The van der Waals surface area contributed by atoms with E-state index in [0.717, 1.165) is 10.8 Å². The molecule has 0 aliphatic rings.